The average Bonchev–Trinajstić information content (AvgIpc) is 2.55. The van der Waals surface area contributed by atoms with Gasteiger partial charge in [-0.25, -0.2) is 0 Å². The quantitative estimate of drug-likeness (QED) is 0.591. The third kappa shape index (κ3) is 4.29. The van der Waals surface area contributed by atoms with Gasteiger partial charge in [-0.2, -0.15) is 14.9 Å². The lowest BCUT2D eigenvalue weighted by Crippen LogP contribution is -2.11. The summed E-state index contributed by atoms with van der Waals surface area (Å²) in [6.07, 6.45) is 9.20. The molecule has 0 spiro atoms. The van der Waals surface area contributed by atoms with E-state index in [1.54, 1.807) is 6.08 Å². The molecule has 1 aromatic carbocycles. The van der Waals surface area contributed by atoms with Crippen molar-refractivity contribution in [1.29, 1.82) is 10.5 Å². The SMILES string of the molecule is N#C/C(F)=C/C=C/[C@H]1CC[C@H](c2ccc(C#N)cc2)CC1. The van der Waals surface area contributed by atoms with Crippen molar-refractivity contribution in [1.82, 2.24) is 0 Å². The highest BCUT2D eigenvalue weighted by atomic mass is 19.1. The van der Waals surface area contributed by atoms with Gasteiger partial charge in [0.1, 0.15) is 6.07 Å². The number of hydrogen-bond donors (Lipinski definition) is 0. The summed E-state index contributed by atoms with van der Waals surface area (Å²) in [5, 5.41) is 17.1. The Morgan fingerprint density at radius 2 is 1.76 bits per heavy atom. The molecule has 1 aliphatic carbocycles. The summed E-state index contributed by atoms with van der Waals surface area (Å²) in [5.41, 5.74) is 1.99. The second-order valence-electron chi connectivity index (χ2n) is 5.36. The molecule has 0 heterocycles. The summed E-state index contributed by atoms with van der Waals surface area (Å²) >= 11 is 0. The van der Waals surface area contributed by atoms with E-state index in [2.05, 4.69) is 6.07 Å². The zero-order valence-corrected chi connectivity index (χ0v) is 11.8. The molecular weight excluding hydrogens is 263 g/mol. The minimum absolute atomic E-state index is 0.461. The molecule has 0 saturated heterocycles. The fraction of sp³-hybridized carbons (Fsp3) is 0.333. The number of allylic oxidation sites excluding steroid dienone is 4. The molecule has 0 unspecified atom stereocenters. The van der Waals surface area contributed by atoms with E-state index >= 15 is 0 Å². The van der Waals surface area contributed by atoms with Gasteiger partial charge < -0.3 is 0 Å². The lowest BCUT2D eigenvalue weighted by molar-refractivity contribution is 0.376. The van der Waals surface area contributed by atoms with Gasteiger partial charge in [-0.05, 0) is 61.3 Å². The van der Waals surface area contributed by atoms with E-state index in [9.17, 15) is 4.39 Å². The minimum Gasteiger partial charge on any atom is -0.195 e. The normalized spacial score (nSPS) is 22.7. The van der Waals surface area contributed by atoms with Crippen molar-refractivity contribution in [2.75, 3.05) is 0 Å². The van der Waals surface area contributed by atoms with Crippen LogP contribution in [0.4, 0.5) is 4.39 Å². The Balaban J connectivity index is 1.88. The fourth-order valence-electron chi connectivity index (χ4n) is 2.81. The zero-order valence-electron chi connectivity index (χ0n) is 11.8. The minimum atomic E-state index is -0.752. The molecule has 1 aliphatic rings. The lowest BCUT2D eigenvalue weighted by atomic mass is 9.78. The van der Waals surface area contributed by atoms with E-state index in [0.717, 1.165) is 25.7 Å². The van der Waals surface area contributed by atoms with E-state index in [1.165, 1.54) is 17.7 Å². The predicted molar refractivity (Wildman–Crippen MR) is 79.8 cm³/mol. The molecule has 1 saturated carbocycles. The van der Waals surface area contributed by atoms with Gasteiger partial charge in [0.2, 0.25) is 0 Å². The van der Waals surface area contributed by atoms with Crippen LogP contribution in [-0.4, -0.2) is 0 Å². The highest BCUT2D eigenvalue weighted by molar-refractivity contribution is 5.33. The molecule has 0 aliphatic heterocycles. The van der Waals surface area contributed by atoms with E-state index in [-0.39, 0.29) is 0 Å². The van der Waals surface area contributed by atoms with E-state index in [1.807, 2.05) is 30.3 Å². The largest absolute Gasteiger partial charge is 0.199 e. The van der Waals surface area contributed by atoms with Gasteiger partial charge in [0, 0.05) is 0 Å². The lowest BCUT2D eigenvalue weighted by Gasteiger charge is -2.27. The van der Waals surface area contributed by atoms with Gasteiger partial charge in [-0.3, -0.25) is 0 Å². The Labute approximate surface area is 124 Å². The maximum absolute atomic E-state index is 12.7. The Morgan fingerprint density at radius 1 is 1.10 bits per heavy atom. The number of benzene rings is 1. The summed E-state index contributed by atoms with van der Waals surface area (Å²) in [4.78, 5) is 0. The van der Waals surface area contributed by atoms with Crippen LogP contribution < -0.4 is 0 Å². The first-order valence-corrected chi connectivity index (χ1v) is 7.17. The summed E-state index contributed by atoms with van der Waals surface area (Å²) in [6.45, 7) is 0. The van der Waals surface area contributed by atoms with Gasteiger partial charge in [0.05, 0.1) is 11.6 Å². The van der Waals surface area contributed by atoms with Gasteiger partial charge in [-0.1, -0.05) is 24.3 Å². The summed E-state index contributed by atoms with van der Waals surface area (Å²) < 4.78 is 12.7. The molecule has 106 valence electrons. The maximum Gasteiger partial charge on any atom is 0.199 e. The highest BCUT2D eigenvalue weighted by Crippen LogP contribution is 2.36. The van der Waals surface area contributed by atoms with Crippen LogP contribution in [0.3, 0.4) is 0 Å². The number of hydrogen-bond acceptors (Lipinski definition) is 2. The van der Waals surface area contributed by atoms with Crippen molar-refractivity contribution in [3.63, 3.8) is 0 Å². The van der Waals surface area contributed by atoms with Crippen molar-refractivity contribution in [2.24, 2.45) is 5.92 Å². The van der Waals surface area contributed by atoms with Crippen molar-refractivity contribution in [3.8, 4) is 12.1 Å². The van der Waals surface area contributed by atoms with Gasteiger partial charge in [0.25, 0.3) is 0 Å². The Morgan fingerprint density at radius 3 is 2.33 bits per heavy atom. The summed E-state index contributed by atoms with van der Waals surface area (Å²) in [5.74, 6) is 0.258. The van der Waals surface area contributed by atoms with Crippen LogP contribution >= 0.6 is 0 Å². The van der Waals surface area contributed by atoms with Gasteiger partial charge in [0.15, 0.2) is 5.83 Å². The van der Waals surface area contributed by atoms with Crippen LogP contribution in [0.2, 0.25) is 0 Å². The molecule has 1 fully saturated rings. The van der Waals surface area contributed by atoms with Crippen molar-refractivity contribution < 1.29 is 4.39 Å². The molecule has 0 aromatic heterocycles. The third-order valence-electron chi connectivity index (χ3n) is 4.02. The van der Waals surface area contributed by atoms with Crippen LogP contribution in [0, 0.1) is 28.6 Å². The van der Waals surface area contributed by atoms with Gasteiger partial charge >= 0.3 is 0 Å². The zero-order chi connectivity index (χ0) is 15.1. The number of nitrogens with zero attached hydrogens (tertiary/aromatic N) is 2. The van der Waals surface area contributed by atoms with Crippen LogP contribution in [0.5, 0.6) is 0 Å². The number of halogens is 1. The summed E-state index contributed by atoms with van der Waals surface area (Å²) in [6, 6.07) is 11.4. The number of nitriles is 2. The first-order valence-electron chi connectivity index (χ1n) is 7.17. The van der Waals surface area contributed by atoms with E-state index < -0.39 is 5.83 Å². The smallest absolute Gasteiger partial charge is 0.195 e. The van der Waals surface area contributed by atoms with Gasteiger partial charge in [-0.15, -0.1) is 0 Å². The van der Waals surface area contributed by atoms with Crippen molar-refractivity contribution in [3.05, 3.63) is 59.4 Å². The standard InChI is InChI=1S/C18H17FN2/c19-18(13-21)3-1-2-14-4-8-16(9-5-14)17-10-6-15(12-20)7-11-17/h1-3,6-7,10-11,14,16H,4-5,8-9H2/b2-1+,18-3-/t14-,16-. The molecule has 2 nitrogen and oxygen atoms in total. The predicted octanol–water partition coefficient (Wildman–Crippen LogP) is 4.77. The molecule has 0 radical (unpaired) electrons. The molecule has 1 aromatic rings. The van der Waals surface area contributed by atoms with Crippen LogP contribution in [0.15, 0.2) is 48.3 Å². The Kier molecular flexibility index (Phi) is 5.29. The molecule has 3 heteroatoms. The average molecular weight is 280 g/mol. The Hall–Kier alpha value is -2.39. The second kappa shape index (κ2) is 7.41. The van der Waals surface area contributed by atoms with Crippen molar-refractivity contribution >= 4 is 0 Å². The van der Waals surface area contributed by atoms with Crippen LogP contribution in [-0.2, 0) is 0 Å². The summed E-state index contributed by atoms with van der Waals surface area (Å²) in [7, 11) is 0. The first kappa shape index (κ1) is 15.0. The third-order valence-corrected chi connectivity index (χ3v) is 4.02. The fourth-order valence-corrected chi connectivity index (χ4v) is 2.81. The van der Waals surface area contributed by atoms with Crippen LogP contribution in [0.25, 0.3) is 0 Å². The molecular formula is C18H17FN2. The maximum atomic E-state index is 12.7. The Bertz CT molecular complexity index is 606. The first-order chi connectivity index (χ1) is 10.2. The molecule has 0 N–H and O–H groups in total. The molecule has 2 rings (SSSR count). The van der Waals surface area contributed by atoms with Crippen molar-refractivity contribution in [2.45, 2.75) is 31.6 Å². The molecule has 0 atom stereocenters. The monoisotopic (exact) mass is 280 g/mol. The van der Waals surface area contributed by atoms with E-state index in [4.69, 9.17) is 10.5 Å². The number of rotatable bonds is 3. The molecule has 21 heavy (non-hydrogen) atoms. The van der Waals surface area contributed by atoms with Crippen LogP contribution in [0.1, 0.15) is 42.7 Å². The second-order valence-corrected chi connectivity index (χ2v) is 5.36. The van der Waals surface area contributed by atoms with E-state index in [0.29, 0.717) is 17.4 Å². The topological polar surface area (TPSA) is 47.6 Å². The highest BCUT2D eigenvalue weighted by Gasteiger charge is 2.20. The molecule has 0 amide bonds. The molecule has 0 bridgehead atoms.